The Labute approximate surface area is 175 Å². The van der Waals surface area contributed by atoms with Crippen LogP contribution in [-0.2, 0) is 0 Å². The van der Waals surface area contributed by atoms with E-state index in [1.807, 2.05) is 44.3 Å². The molecule has 1 fully saturated rings. The third-order valence-corrected chi connectivity index (χ3v) is 6.02. The van der Waals surface area contributed by atoms with Crippen molar-refractivity contribution in [2.45, 2.75) is 39.0 Å². The lowest BCUT2D eigenvalue weighted by molar-refractivity contribution is 0.242. The van der Waals surface area contributed by atoms with Crippen LogP contribution in [0.25, 0.3) is 0 Å². The molecule has 2 atom stereocenters. The van der Waals surface area contributed by atoms with Crippen molar-refractivity contribution in [1.29, 1.82) is 0 Å². The second-order valence-electron chi connectivity index (χ2n) is 7.11. The van der Waals surface area contributed by atoms with Gasteiger partial charge in [-0.25, -0.2) is 0 Å². The van der Waals surface area contributed by atoms with Gasteiger partial charge in [-0.05, 0) is 81.5 Å². The molecule has 4 nitrogen and oxygen atoms in total. The molecule has 6 heteroatoms. The molecule has 3 aromatic rings. The molecule has 0 saturated carbocycles. The summed E-state index contributed by atoms with van der Waals surface area (Å²) in [6, 6.07) is 18.6. The standard InChI is InChI=1S/C22H23N3OS2/c1-14(2)26-17-10-8-16(9-11-17)25-21(19-12-7-15(3)28-19)20(24-22(25)27)18-6-4-5-13-23-18/h4-14,20-21H,1-3H3,(H,24,27)/t20-,21-/m0/s1. The van der Waals surface area contributed by atoms with Gasteiger partial charge in [-0.2, -0.15) is 0 Å². The molecular formula is C22H23N3OS2. The Morgan fingerprint density at radius 3 is 2.50 bits per heavy atom. The van der Waals surface area contributed by atoms with Crippen LogP contribution in [0.15, 0.2) is 60.8 Å². The van der Waals surface area contributed by atoms with Crippen LogP contribution < -0.4 is 15.0 Å². The molecule has 4 rings (SSSR count). The smallest absolute Gasteiger partial charge is 0.174 e. The number of hydrogen-bond acceptors (Lipinski definition) is 4. The van der Waals surface area contributed by atoms with Crippen LogP contribution in [-0.4, -0.2) is 16.2 Å². The van der Waals surface area contributed by atoms with Crippen molar-refractivity contribution in [3.05, 3.63) is 76.2 Å². The molecule has 144 valence electrons. The first-order chi connectivity index (χ1) is 13.5. The minimum atomic E-state index is -0.00154. The van der Waals surface area contributed by atoms with Crippen molar-refractivity contribution in [2.24, 2.45) is 0 Å². The van der Waals surface area contributed by atoms with E-state index in [0.29, 0.717) is 5.11 Å². The highest BCUT2D eigenvalue weighted by atomic mass is 32.1. The molecule has 3 heterocycles. The summed E-state index contributed by atoms with van der Waals surface area (Å²) in [7, 11) is 0. The summed E-state index contributed by atoms with van der Waals surface area (Å²) >= 11 is 7.55. The topological polar surface area (TPSA) is 37.4 Å². The van der Waals surface area contributed by atoms with E-state index >= 15 is 0 Å². The quantitative estimate of drug-likeness (QED) is 0.570. The van der Waals surface area contributed by atoms with Crippen LogP contribution in [0.2, 0.25) is 0 Å². The average molecular weight is 410 g/mol. The van der Waals surface area contributed by atoms with Gasteiger partial charge in [-0.1, -0.05) is 6.07 Å². The van der Waals surface area contributed by atoms with E-state index in [2.05, 4.69) is 52.5 Å². The average Bonchev–Trinajstić information content (AvgIpc) is 3.26. The molecule has 28 heavy (non-hydrogen) atoms. The van der Waals surface area contributed by atoms with E-state index in [1.54, 1.807) is 11.3 Å². The number of ether oxygens (including phenoxy) is 1. The third kappa shape index (κ3) is 3.75. The highest BCUT2D eigenvalue weighted by Gasteiger charge is 2.41. The summed E-state index contributed by atoms with van der Waals surface area (Å²) in [5.74, 6) is 0.863. The first-order valence-electron chi connectivity index (χ1n) is 9.36. The molecule has 0 spiro atoms. The number of aromatic nitrogens is 1. The molecule has 0 amide bonds. The zero-order chi connectivity index (χ0) is 19.7. The van der Waals surface area contributed by atoms with E-state index in [-0.39, 0.29) is 18.2 Å². The zero-order valence-electron chi connectivity index (χ0n) is 16.1. The third-order valence-electron chi connectivity index (χ3n) is 4.64. The van der Waals surface area contributed by atoms with Crippen LogP contribution in [0.3, 0.4) is 0 Å². The molecule has 0 bridgehead atoms. The molecule has 1 aliphatic rings. The van der Waals surface area contributed by atoms with E-state index in [0.717, 1.165) is 17.1 Å². The molecule has 2 aromatic heterocycles. The lowest BCUT2D eigenvalue weighted by atomic mass is 10.0. The number of pyridine rings is 1. The van der Waals surface area contributed by atoms with Crippen LogP contribution in [0.4, 0.5) is 5.69 Å². The maximum Gasteiger partial charge on any atom is 0.174 e. The van der Waals surface area contributed by atoms with Gasteiger partial charge in [-0.3, -0.25) is 4.98 Å². The van der Waals surface area contributed by atoms with Crippen molar-refractivity contribution in [2.75, 3.05) is 4.90 Å². The van der Waals surface area contributed by atoms with Crippen molar-refractivity contribution in [1.82, 2.24) is 10.3 Å². The van der Waals surface area contributed by atoms with Crippen molar-refractivity contribution >= 4 is 34.4 Å². The number of aryl methyl sites for hydroxylation is 1. The minimum absolute atomic E-state index is 0.00154. The second-order valence-corrected chi connectivity index (χ2v) is 8.81. The van der Waals surface area contributed by atoms with Crippen LogP contribution in [0.5, 0.6) is 5.75 Å². The molecule has 0 unspecified atom stereocenters. The molecule has 1 aromatic carbocycles. The maximum absolute atomic E-state index is 5.79. The fraction of sp³-hybridized carbons (Fsp3) is 0.273. The van der Waals surface area contributed by atoms with Gasteiger partial charge in [0, 0.05) is 21.6 Å². The number of benzene rings is 1. The Hall–Kier alpha value is -2.44. The van der Waals surface area contributed by atoms with Crippen LogP contribution in [0.1, 0.15) is 41.4 Å². The summed E-state index contributed by atoms with van der Waals surface area (Å²) in [5, 5.41) is 4.21. The Morgan fingerprint density at radius 1 is 1.11 bits per heavy atom. The van der Waals surface area contributed by atoms with Crippen LogP contribution in [0, 0.1) is 6.92 Å². The molecule has 0 aliphatic carbocycles. The molecule has 0 radical (unpaired) electrons. The van der Waals surface area contributed by atoms with E-state index in [9.17, 15) is 0 Å². The minimum Gasteiger partial charge on any atom is -0.491 e. The van der Waals surface area contributed by atoms with Gasteiger partial charge in [0.05, 0.1) is 23.9 Å². The van der Waals surface area contributed by atoms with E-state index in [4.69, 9.17) is 17.0 Å². The number of hydrogen-bond donors (Lipinski definition) is 1. The monoisotopic (exact) mass is 409 g/mol. The Bertz CT molecular complexity index is 953. The van der Waals surface area contributed by atoms with Gasteiger partial charge in [-0.15, -0.1) is 11.3 Å². The number of thiophene rings is 1. The van der Waals surface area contributed by atoms with Crippen molar-refractivity contribution < 1.29 is 4.74 Å². The fourth-order valence-electron chi connectivity index (χ4n) is 3.49. The van der Waals surface area contributed by atoms with E-state index < -0.39 is 0 Å². The summed E-state index contributed by atoms with van der Waals surface area (Å²) in [4.78, 5) is 9.33. The SMILES string of the molecule is Cc1ccc([C@H]2[C@H](c3ccccn3)NC(=S)N2c2ccc(OC(C)C)cc2)s1. The Balaban J connectivity index is 1.73. The van der Waals surface area contributed by atoms with Crippen molar-refractivity contribution in [3.63, 3.8) is 0 Å². The Kier molecular flexibility index (Phi) is 5.33. The fourth-order valence-corrected chi connectivity index (χ4v) is 4.84. The Morgan fingerprint density at radius 2 is 1.89 bits per heavy atom. The number of nitrogens with one attached hydrogen (secondary N) is 1. The summed E-state index contributed by atoms with van der Waals surface area (Å²) in [6.07, 6.45) is 1.98. The lowest BCUT2D eigenvalue weighted by Gasteiger charge is -2.27. The molecule has 1 aliphatic heterocycles. The number of thiocarbonyl (C=S) groups is 1. The number of nitrogens with zero attached hydrogens (tertiary/aromatic N) is 2. The molecular weight excluding hydrogens is 386 g/mol. The zero-order valence-corrected chi connectivity index (χ0v) is 17.8. The summed E-state index contributed by atoms with van der Waals surface area (Å²) < 4.78 is 5.79. The van der Waals surface area contributed by atoms with Crippen LogP contribution >= 0.6 is 23.6 Å². The largest absolute Gasteiger partial charge is 0.491 e. The van der Waals surface area contributed by atoms with Gasteiger partial charge < -0.3 is 15.0 Å². The van der Waals surface area contributed by atoms with Gasteiger partial charge in [0.15, 0.2) is 5.11 Å². The van der Waals surface area contributed by atoms with Gasteiger partial charge in [0.1, 0.15) is 5.75 Å². The lowest BCUT2D eigenvalue weighted by Crippen LogP contribution is -2.29. The van der Waals surface area contributed by atoms with Crippen molar-refractivity contribution in [3.8, 4) is 5.75 Å². The van der Waals surface area contributed by atoms with Gasteiger partial charge in [0.25, 0.3) is 0 Å². The first kappa shape index (κ1) is 18.9. The van der Waals surface area contributed by atoms with Gasteiger partial charge in [0.2, 0.25) is 0 Å². The number of rotatable bonds is 5. The highest BCUT2D eigenvalue weighted by molar-refractivity contribution is 7.80. The van der Waals surface area contributed by atoms with E-state index in [1.165, 1.54) is 9.75 Å². The maximum atomic E-state index is 5.79. The number of anilines is 1. The van der Waals surface area contributed by atoms with Gasteiger partial charge >= 0.3 is 0 Å². The second kappa shape index (κ2) is 7.89. The predicted octanol–water partition coefficient (Wildman–Crippen LogP) is 5.42. The summed E-state index contributed by atoms with van der Waals surface area (Å²) in [6.45, 7) is 6.19. The predicted molar refractivity (Wildman–Crippen MR) is 119 cm³/mol. The molecule has 1 saturated heterocycles. The normalized spacial score (nSPS) is 19.1. The highest BCUT2D eigenvalue weighted by Crippen LogP contribution is 2.43. The first-order valence-corrected chi connectivity index (χ1v) is 10.6. The summed E-state index contributed by atoms with van der Waals surface area (Å²) in [5.41, 5.74) is 2.03. The molecule has 1 N–H and O–H groups in total.